The van der Waals surface area contributed by atoms with Gasteiger partial charge in [-0.3, -0.25) is 4.79 Å². The SMILES string of the molecule is CC1(C)C[C@H](COC(=O)c2ccccc2)C1=O. The van der Waals surface area contributed by atoms with Crippen molar-refractivity contribution in [3.8, 4) is 0 Å². The van der Waals surface area contributed by atoms with Crippen LogP contribution in [0.4, 0.5) is 0 Å². The molecule has 1 fully saturated rings. The van der Waals surface area contributed by atoms with Gasteiger partial charge in [-0.2, -0.15) is 0 Å². The molecule has 1 aliphatic rings. The average Bonchev–Trinajstić information content (AvgIpc) is 2.34. The smallest absolute Gasteiger partial charge is 0.338 e. The number of carbonyl (C=O) groups excluding carboxylic acids is 2. The fourth-order valence-electron chi connectivity index (χ4n) is 2.20. The summed E-state index contributed by atoms with van der Waals surface area (Å²) in [6.45, 7) is 4.05. The maximum absolute atomic E-state index is 11.6. The quantitative estimate of drug-likeness (QED) is 0.752. The molecule has 2 rings (SSSR count). The van der Waals surface area contributed by atoms with E-state index in [-0.39, 0.29) is 29.7 Å². The number of rotatable bonds is 3. The van der Waals surface area contributed by atoms with Crippen molar-refractivity contribution in [2.45, 2.75) is 20.3 Å². The lowest BCUT2D eigenvalue weighted by molar-refractivity contribution is -0.145. The Labute approximate surface area is 101 Å². The highest BCUT2D eigenvalue weighted by Crippen LogP contribution is 2.40. The first-order chi connectivity index (χ1) is 8.00. The Morgan fingerprint density at radius 3 is 2.53 bits per heavy atom. The fourth-order valence-corrected chi connectivity index (χ4v) is 2.20. The van der Waals surface area contributed by atoms with Crippen molar-refractivity contribution in [1.29, 1.82) is 0 Å². The molecular weight excluding hydrogens is 216 g/mol. The summed E-state index contributed by atoms with van der Waals surface area (Å²) in [6, 6.07) is 8.82. The van der Waals surface area contributed by atoms with Crippen LogP contribution in [0.2, 0.25) is 0 Å². The predicted octanol–water partition coefficient (Wildman–Crippen LogP) is 2.46. The summed E-state index contributed by atoms with van der Waals surface area (Å²) < 4.78 is 5.14. The normalized spacial score (nSPS) is 21.8. The summed E-state index contributed by atoms with van der Waals surface area (Å²) in [5.74, 6) is -0.279. The maximum Gasteiger partial charge on any atom is 0.338 e. The molecule has 3 nitrogen and oxygen atoms in total. The third-order valence-electron chi connectivity index (χ3n) is 3.22. The van der Waals surface area contributed by atoms with E-state index < -0.39 is 0 Å². The Bertz CT molecular complexity index is 434. The number of ether oxygens (including phenoxy) is 1. The highest BCUT2D eigenvalue weighted by atomic mass is 16.5. The van der Waals surface area contributed by atoms with Crippen molar-refractivity contribution in [2.24, 2.45) is 11.3 Å². The Balaban J connectivity index is 1.85. The molecule has 0 bridgehead atoms. The first kappa shape index (κ1) is 11.8. The Morgan fingerprint density at radius 1 is 1.35 bits per heavy atom. The largest absolute Gasteiger partial charge is 0.461 e. The molecule has 1 aliphatic carbocycles. The van der Waals surface area contributed by atoms with Gasteiger partial charge in [-0.15, -0.1) is 0 Å². The number of hydrogen-bond donors (Lipinski definition) is 0. The second kappa shape index (κ2) is 4.32. The molecule has 0 N–H and O–H groups in total. The minimum Gasteiger partial charge on any atom is -0.461 e. The second-order valence-electron chi connectivity index (χ2n) is 5.11. The van der Waals surface area contributed by atoms with E-state index in [1.807, 2.05) is 19.9 Å². The van der Waals surface area contributed by atoms with Crippen molar-refractivity contribution in [1.82, 2.24) is 0 Å². The summed E-state index contributed by atoms with van der Waals surface area (Å²) in [6.07, 6.45) is 0.800. The van der Waals surface area contributed by atoms with Crippen LogP contribution in [0.25, 0.3) is 0 Å². The van der Waals surface area contributed by atoms with Crippen LogP contribution in [0.1, 0.15) is 30.6 Å². The van der Waals surface area contributed by atoms with E-state index in [1.165, 1.54) is 0 Å². The van der Waals surface area contributed by atoms with Gasteiger partial charge in [0.15, 0.2) is 0 Å². The van der Waals surface area contributed by atoms with Gasteiger partial charge in [-0.1, -0.05) is 32.0 Å². The first-order valence-corrected chi connectivity index (χ1v) is 5.77. The Kier molecular flexibility index (Phi) is 3.01. The third-order valence-corrected chi connectivity index (χ3v) is 3.22. The van der Waals surface area contributed by atoms with Gasteiger partial charge < -0.3 is 4.74 Å². The van der Waals surface area contributed by atoms with Crippen LogP contribution in [0, 0.1) is 11.3 Å². The van der Waals surface area contributed by atoms with Crippen LogP contribution in [0.15, 0.2) is 30.3 Å². The van der Waals surface area contributed by atoms with Gasteiger partial charge in [-0.25, -0.2) is 4.79 Å². The summed E-state index contributed by atoms with van der Waals surface area (Å²) >= 11 is 0. The molecule has 1 aromatic carbocycles. The standard InChI is InChI=1S/C14H16O3/c1-14(2)8-11(12(14)15)9-17-13(16)10-6-4-3-5-7-10/h3-7,11H,8-9H2,1-2H3/t11-/m1/s1. The molecule has 0 radical (unpaired) electrons. The minimum atomic E-state index is -0.358. The van der Waals surface area contributed by atoms with E-state index in [4.69, 9.17) is 4.74 Å². The maximum atomic E-state index is 11.6. The van der Waals surface area contributed by atoms with Crippen LogP contribution in [-0.2, 0) is 9.53 Å². The molecule has 0 unspecified atom stereocenters. The van der Waals surface area contributed by atoms with Crippen LogP contribution in [0.3, 0.4) is 0 Å². The minimum absolute atomic E-state index is 0.113. The van der Waals surface area contributed by atoms with Crippen molar-refractivity contribution >= 4 is 11.8 Å². The zero-order valence-electron chi connectivity index (χ0n) is 10.1. The van der Waals surface area contributed by atoms with E-state index in [0.29, 0.717) is 5.56 Å². The van der Waals surface area contributed by atoms with E-state index >= 15 is 0 Å². The summed E-state index contributed by atoms with van der Waals surface area (Å²) in [4.78, 5) is 23.3. The summed E-state index contributed by atoms with van der Waals surface area (Å²) in [5.41, 5.74) is 0.294. The van der Waals surface area contributed by atoms with Crippen molar-refractivity contribution < 1.29 is 14.3 Å². The zero-order valence-corrected chi connectivity index (χ0v) is 10.1. The Morgan fingerprint density at radius 2 is 2.00 bits per heavy atom. The van der Waals surface area contributed by atoms with Gasteiger partial charge in [0.1, 0.15) is 12.4 Å². The Hall–Kier alpha value is -1.64. The first-order valence-electron chi connectivity index (χ1n) is 5.77. The van der Waals surface area contributed by atoms with Gasteiger partial charge in [0, 0.05) is 5.41 Å². The number of carbonyl (C=O) groups is 2. The molecule has 3 heteroatoms. The lowest BCUT2D eigenvalue weighted by Gasteiger charge is -2.39. The molecule has 0 heterocycles. The van der Waals surface area contributed by atoms with Crippen molar-refractivity contribution in [3.05, 3.63) is 35.9 Å². The molecule has 0 amide bonds. The molecule has 17 heavy (non-hydrogen) atoms. The number of benzene rings is 1. The van der Waals surface area contributed by atoms with Crippen LogP contribution in [0.5, 0.6) is 0 Å². The second-order valence-corrected chi connectivity index (χ2v) is 5.11. The topological polar surface area (TPSA) is 43.4 Å². The highest BCUT2D eigenvalue weighted by Gasteiger charge is 2.46. The van der Waals surface area contributed by atoms with Gasteiger partial charge in [0.2, 0.25) is 0 Å². The molecule has 1 aromatic rings. The van der Waals surface area contributed by atoms with E-state index in [0.717, 1.165) is 6.42 Å². The van der Waals surface area contributed by atoms with Gasteiger partial charge in [-0.05, 0) is 18.6 Å². The molecule has 0 aliphatic heterocycles. The molecule has 0 saturated heterocycles. The number of hydrogen-bond acceptors (Lipinski definition) is 3. The molecule has 1 atom stereocenters. The zero-order chi connectivity index (χ0) is 12.5. The van der Waals surface area contributed by atoms with Gasteiger partial charge >= 0.3 is 5.97 Å². The van der Waals surface area contributed by atoms with Gasteiger partial charge in [0.25, 0.3) is 0 Å². The molecular formula is C14H16O3. The molecule has 0 spiro atoms. The van der Waals surface area contributed by atoms with Crippen molar-refractivity contribution in [3.63, 3.8) is 0 Å². The number of ketones is 1. The van der Waals surface area contributed by atoms with Crippen LogP contribution >= 0.6 is 0 Å². The highest BCUT2D eigenvalue weighted by molar-refractivity contribution is 5.93. The monoisotopic (exact) mass is 232 g/mol. The molecule has 0 aromatic heterocycles. The molecule has 90 valence electrons. The number of Topliss-reactive ketones (excluding diaryl/α,β-unsaturated/α-hetero) is 1. The van der Waals surface area contributed by atoms with Crippen molar-refractivity contribution in [2.75, 3.05) is 6.61 Å². The van der Waals surface area contributed by atoms with Crippen LogP contribution in [-0.4, -0.2) is 18.4 Å². The lowest BCUT2D eigenvalue weighted by atomic mass is 9.63. The van der Waals surface area contributed by atoms with Gasteiger partial charge in [0.05, 0.1) is 11.5 Å². The van der Waals surface area contributed by atoms with E-state index in [1.54, 1.807) is 24.3 Å². The predicted molar refractivity (Wildman–Crippen MR) is 63.6 cm³/mol. The summed E-state index contributed by atoms with van der Waals surface area (Å²) in [5, 5.41) is 0. The lowest BCUT2D eigenvalue weighted by Crippen LogP contribution is -2.46. The van der Waals surface area contributed by atoms with Crippen LogP contribution < -0.4 is 0 Å². The third kappa shape index (κ3) is 2.38. The van der Waals surface area contributed by atoms with E-state index in [9.17, 15) is 9.59 Å². The summed E-state index contributed by atoms with van der Waals surface area (Å²) in [7, 11) is 0. The number of esters is 1. The molecule has 1 saturated carbocycles. The fraction of sp³-hybridized carbons (Fsp3) is 0.429. The average molecular weight is 232 g/mol. The van der Waals surface area contributed by atoms with E-state index in [2.05, 4.69) is 0 Å².